The molecule has 0 aliphatic rings. The Labute approximate surface area is 110 Å². The molecule has 0 bridgehead atoms. The second-order valence-electron chi connectivity index (χ2n) is 4.06. The van der Waals surface area contributed by atoms with Crippen LogP contribution in [0.3, 0.4) is 0 Å². The van der Waals surface area contributed by atoms with Gasteiger partial charge in [0.2, 0.25) is 0 Å². The smallest absolute Gasteiger partial charge is 0.127 e. The monoisotopic (exact) mass is 265 g/mol. The molecule has 2 aromatic rings. The van der Waals surface area contributed by atoms with E-state index >= 15 is 0 Å². The first-order valence-electron chi connectivity index (χ1n) is 5.76. The molecule has 96 valence electrons. The summed E-state index contributed by atoms with van der Waals surface area (Å²) < 4.78 is 18.6. The van der Waals surface area contributed by atoms with Crippen LogP contribution in [-0.2, 0) is 0 Å². The molecule has 1 atom stereocenters. The van der Waals surface area contributed by atoms with Gasteiger partial charge in [-0.25, -0.2) is 4.39 Å². The molecule has 18 heavy (non-hydrogen) atoms. The van der Waals surface area contributed by atoms with E-state index in [1.165, 1.54) is 17.0 Å². The molecule has 2 rings (SSSR count). The molecule has 1 unspecified atom stereocenters. The van der Waals surface area contributed by atoms with Crippen molar-refractivity contribution in [3.63, 3.8) is 0 Å². The zero-order valence-electron chi connectivity index (χ0n) is 10.7. The van der Waals surface area contributed by atoms with E-state index in [-0.39, 0.29) is 5.82 Å². The molecule has 0 saturated heterocycles. The molecule has 0 aliphatic carbocycles. The number of hydrogen-bond acceptors (Lipinski definition) is 3. The number of halogens is 1. The molecule has 0 spiro atoms. The van der Waals surface area contributed by atoms with Crippen LogP contribution in [0.2, 0.25) is 0 Å². The van der Waals surface area contributed by atoms with Gasteiger partial charge in [0.05, 0.1) is 7.11 Å². The Morgan fingerprint density at radius 3 is 2.72 bits per heavy atom. The summed E-state index contributed by atoms with van der Waals surface area (Å²) in [5.41, 5.74) is 0.803. The van der Waals surface area contributed by atoms with Gasteiger partial charge in [0.25, 0.3) is 0 Å². The summed E-state index contributed by atoms with van der Waals surface area (Å²) in [6, 6.07) is 8.94. The summed E-state index contributed by atoms with van der Waals surface area (Å²) in [6.45, 7) is 2.10. The Bertz CT molecular complexity index is 538. The Morgan fingerprint density at radius 1 is 1.28 bits per heavy atom. The van der Waals surface area contributed by atoms with Crippen LogP contribution >= 0.6 is 11.3 Å². The van der Waals surface area contributed by atoms with E-state index in [0.29, 0.717) is 11.8 Å². The largest absolute Gasteiger partial charge is 0.496 e. The molecular formula is C14H16FNOS. The first-order chi connectivity index (χ1) is 8.65. The predicted molar refractivity (Wildman–Crippen MR) is 73.7 cm³/mol. The SMILES string of the molecule is CNC(C)c1ccc(-c2cc(F)ccc2OC)s1. The maximum Gasteiger partial charge on any atom is 0.127 e. The van der Waals surface area contributed by atoms with Crippen molar-refractivity contribution in [1.29, 1.82) is 0 Å². The maximum atomic E-state index is 13.3. The highest BCUT2D eigenvalue weighted by Crippen LogP contribution is 2.37. The Balaban J connectivity index is 2.42. The normalized spacial score (nSPS) is 12.4. The second kappa shape index (κ2) is 5.50. The van der Waals surface area contributed by atoms with Gasteiger partial charge in [0.15, 0.2) is 0 Å². The third-order valence-corrected chi connectivity index (χ3v) is 4.21. The van der Waals surface area contributed by atoms with Gasteiger partial charge in [-0.05, 0) is 44.3 Å². The van der Waals surface area contributed by atoms with E-state index < -0.39 is 0 Å². The van der Waals surface area contributed by atoms with Gasteiger partial charge in [-0.1, -0.05) is 0 Å². The van der Waals surface area contributed by atoms with Crippen molar-refractivity contribution in [2.24, 2.45) is 0 Å². The number of thiophene rings is 1. The number of methoxy groups -OCH3 is 1. The van der Waals surface area contributed by atoms with E-state index in [0.717, 1.165) is 10.4 Å². The number of nitrogens with one attached hydrogen (secondary N) is 1. The molecular weight excluding hydrogens is 249 g/mol. The van der Waals surface area contributed by atoms with E-state index in [9.17, 15) is 4.39 Å². The minimum atomic E-state index is -0.248. The summed E-state index contributed by atoms with van der Waals surface area (Å²) in [5, 5.41) is 3.19. The van der Waals surface area contributed by atoms with Crippen LogP contribution in [0, 0.1) is 5.82 Å². The van der Waals surface area contributed by atoms with E-state index in [2.05, 4.69) is 18.3 Å². The van der Waals surface area contributed by atoms with Crippen molar-refractivity contribution in [2.75, 3.05) is 14.2 Å². The number of rotatable bonds is 4. The molecule has 0 saturated carbocycles. The highest BCUT2D eigenvalue weighted by Gasteiger charge is 2.12. The van der Waals surface area contributed by atoms with Crippen molar-refractivity contribution in [1.82, 2.24) is 5.32 Å². The fourth-order valence-corrected chi connectivity index (χ4v) is 2.84. The zero-order chi connectivity index (χ0) is 13.1. The lowest BCUT2D eigenvalue weighted by Crippen LogP contribution is -2.10. The molecule has 1 aromatic heterocycles. The Hall–Kier alpha value is -1.39. The van der Waals surface area contributed by atoms with Gasteiger partial charge in [0.1, 0.15) is 11.6 Å². The van der Waals surface area contributed by atoms with Crippen LogP contribution in [0.4, 0.5) is 4.39 Å². The molecule has 2 nitrogen and oxygen atoms in total. The average molecular weight is 265 g/mol. The summed E-state index contributed by atoms with van der Waals surface area (Å²) >= 11 is 1.65. The number of ether oxygens (including phenoxy) is 1. The van der Waals surface area contributed by atoms with Crippen molar-refractivity contribution in [3.05, 3.63) is 41.0 Å². The molecule has 1 N–H and O–H groups in total. The van der Waals surface area contributed by atoms with Gasteiger partial charge < -0.3 is 10.1 Å². The zero-order valence-corrected chi connectivity index (χ0v) is 11.5. The fraction of sp³-hybridized carbons (Fsp3) is 0.286. The topological polar surface area (TPSA) is 21.3 Å². The maximum absolute atomic E-state index is 13.3. The van der Waals surface area contributed by atoms with E-state index in [1.807, 2.05) is 13.1 Å². The van der Waals surface area contributed by atoms with Crippen LogP contribution in [-0.4, -0.2) is 14.2 Å². The highest BCUT2D eigenvalue weighted by atomic mass is 32.1. The van der Waals surface area contributed by atoms with Crippen molar-refractivity contribution in [3.8, 4) is 16.2 Å². The van der Waals surface area contributed by atoms with Crippen molar-refractivity contribution in [2.45, 2.75) is 13.0 Å². The minimum absolute atomic E-state index is 0.248. The quantitative estimate of drug-likeness (QED) is 0.906. The van der Waals surface area contributed by atoms with Gasteiger partial charge in [-0.2, -0.15) is 0 Å². The van der Waals surface area contributed by atoms with Crippen LogP contribution < -0.4 is 10.1 Å². The summed E-state index contributed by atoms with van der Waals surface area (Å²) in [5.74, 6) is 0.448. The average Bonchev–Trinajstić information content (AvgIpc) is 2.87. The third kappa shape index (κ3) is 2.54. The summed E-state index contributed by atoms with van der Waals surface area (Å²) in [7, 11) is 3.52. The highest BCUT2D eigenvalue weighted by molar-refractivity contribution is 7.15. The molecule has 1 heterocycles. The van der Waals surface area contributed by atoms with Crippen molar-refractivity contribution >= 4 is 11.3 Å². The van der Waals surface area contributed by atoms with Gasteiger partial charge in [-0.15, -0.1) is 11.3 Å². The van der Waals surface area contributed by atoms with Gasteiger partial charge in [0, 0.05) is 21.4 Å². The summed E-state index contributed by atoms with van der Waals surface area (Å²) in [4.78, 5) is 2.24. The van der Waals surface area contributed by atoms with Crippen molar-refractivity contribution < 1.29 is 9.13 Å². The molecule has 0 radical (unpaired) electrons. The second-order valence-corrected chi connectivity index (χ2v) is 5.17. The molecule has 1 aromatic carbocycles. The van der Waals surface area contributed by atoms with Crippen LogP contribution in [0.1, 0.15) is 17.8 Å². The Kier molecular flexibility index (Phi) is 3.99. The minimum Gasteiger partial charge on any atom is -0.496 e. The standard InChI is InChI=1S/C14H16FNOS/c1-9(16-2)13-6-7-14(18-13)11-8-10(15)4-5-12(11)17-3/h4-9,16H,1-3H3. The fourth-order valence-electron chi connectivity index (χ4n) is 1.75. The lowest BCUT2D eigenvalue weighted by Gasteiger charge is -2.08. The van der Waals surface area contributed by atoms with Crippen LogP contribution in [0.25, 0.3) is 10.4 Å². The van der Waals surface area contributed by atoms with Crippen LogP contribution in [0.15, 0.2) is 30.3 Å². The Morgan fingerprint density at radius 2 is 2.06 bits per heavy atom. The van der Waals surface area contributed by atoms with E-state index in [1.54, 1.807) is 24.5 Å². The van der Waals surface area contributed by atoms with E-state index in [4.69, 9.17) is 4.74 Å². The molecule has 0 fully saturated rings. The predicted octanol–water partition coefficient (Wildman–Crippen LogP) is 3.84. The molecule has 0 aliphatic heterocycles. The van der Waals surface area contributed by atoms with Gasteiger partial charge in [-0.3, -0.25) is 0 Å². The molecule has 4 heteroatoms. The first kappa shape index (κ1) is 13.1. The van der Waals surface area contributed by atoms with Gasteiger partial charge >= 0.3 is 0 Å². The lowest BCUT2D eigenvalue weighted by molar-refractivity contribution is 0.415. The third-order valence-electron chi connectivity index (χ3n) is 2.91. The lowest BCUT2D eigenvalue weighted by atomic mass is 10.1. The number of benzene rings is 1. The molecule has 0 amide bonds. The first-order valence-corrected chi connectivity index (χ1v) is 6.58. The number of hydrogen-bond donors (Lipinski definition) is 1. The van der Waals surface area contributed by atoms with Crippen LogP contribution in [0.5, 0.6) is 5.75 Å². The summed E-state index contributed by atoms with van der Waals surface area (Å²) in [6.07, 6.45) is 0.